The predicted octanol–water partition coefficient (Wildman–Crippen LogP) is -8.96. The summed E-state index contributed by atoms with van der Waals surface area (Å²) in [6.07, 6.45) is -29.0. The Morgan fingerprint density at radius 2 is 1.00 bits per heavy atom. The molecule has 364 valence electrons. The molecule has 0 radical (unpaired) electrons. The van der Waals surface area contributed by atoms with Crippen LogP contribution in [0.15, 0.2) is 0 Å². The highest BCUT2D eigenvalue weighted by atomic mass is 32.3. The van der Waals surface area contributed by atoms with Gasteiger partial charge in [-0.1, -0.05) is 6.92 Å². The summed E-state index contributed by atoms with van der Waals surface area (Å²) in [5.74, 6) is -2.94. The number of aliphatic hydroxyl groups excluding tert-OH is 9. The van der Waals surface area contributed by atoms with Crippen LogP contribution in [0.2, 0.25) is 0 Å². The maximum Gasteiger partial charge on any atom is 0.222 e. The van der Waals surface area contributed by atoms with Gasteiger partial charge in [0.25, 0.3) is 0 Å². The summed E-state index contributed by atoms with van der Waals surface area (Å²) in [6.45, 7) is 0.621. The largest absolute Gasteiger partial charge is 0.726 e. The second-order valence-corrected chi connectivity index (χ2v) is 16.3. The number of amides is 4. The van der Waals surface area contributed by atoms with Crippen LogP contribution in [-0.4, -0.2) is 244 Å². The number of rotatable bonds is 17. The molecule has 4 saturated heterocycles. The van der Waals surface area contributed by atoms with E-state index in [-0.39, 0.29) is 6.42 Å². The first kappa shape index (κ1) is 52.7. The summed E-state index contributed by atoms with van der Waals surface area (Å²) >= 11 is 0. The van der Waals surface area contributed by atoms with E-state index in [2.05, 4.69) is 20.1 Å². The summed E-state index contributed by atoms with van der Waals surface area (Å²) in [4.78, 5) is 50.6. The highest BCUT2D eigenvalue weighted by Gasteiger charge is 2.56. The second kappa shape index (κ2) is 22.5. The number of nitrogens with zero attached hydrogens (tertiary/aromatic N) is 1. The van der Waals surface area contributed by atoms with Crippen molar-refractivity contribution in [1.29, 1.82) is 0 Å². The Kier molecular flexibility index (Phi) is 18.9. The molecular weight excluding hydrogens is 880 g/mol. The molecule has 4 rings (SSSR count). The van der Waals surface area contributed by atoms with E-state index in [4.69, 9.17) is 33.2 Å². The molecule has 0 spiro atoms. The van der Waals surface area contributed by atoms with Crippen molar-refractivity contribution in [1.82, 2.24) is 20.9 Å². The highest BCUT2D eigenvalue weighted by molar-refractivity contribution is 7.80. The number of hydrogen-bond acceptors (Lipinski definition) is 24. The first-order chi connectivity index (χ1) is 29.5. The lowest BCUT2D eigenvalue weighted by atomic mass is 9.93. The standard InChI is InChI=1S/C34H58N4O24S/c1-6-18(45)38(5)22-27(50)23(46)14(7-39)57-34(22)62-29-16(9-41)59-32(21(26(29)49)37-13(4)44)60-28-15(8-40)58-33(20(25(28)48)36-12(3)43)61-30-17(10-55-63(52,53)54)56-31(51)19(24(30)47)35-11(2)42/h14-17,19-34,39-41,46-51H,6-10H2,1-5H3,(H,35,42)(H,36,43)(H,37,44)(H,52,53,54)/p-1/t14-,15-,16-,17-,19-,20-,21-,22-,23-,24?,25-,26?,27-,28-,29-,30-,31-,32+,33+,34+/m1/s1. The molecule has 0 saturated carbocycles. The van der Waals surface area contributed by atoms with E-state index >= 15 is 0 Å². The zero-order valence-electron chi connectivity index (χ0n) is 34.6. The van der Waals surface area contributed by atoms with Crippen LogP contribution in [0.3, 0.4) is 0 Å². The average Bonchev–Trinajstić information content (AvgIpc) is 3.21. The van der Waals surface area contributed by atoms with Gasteiger partial charge in [0.05, 0.1) is 26.4 Å². The molecule has 4 heterocycles. The van der Waals surface area contributed by atoms with E-state index in [1.807, 2.05) is 0 Å². The van der Waals surface area contributed by atoms with Crippen LogP contribution >= 0.6 is 0 Å². The number of carbonyl (C=O) groups excluding carboxylic acids is 4. The van der Waals surface area contributed by atoms with Gasteiger partial charge in [0, 0.05) is 34.2 Å². The maximum atomic E-state index is 12.7. The van der Waals surface area contributed by atoms with Gasteiger partial charge >= 0.3 is 0 Å². The maximum absolute atomic E-state index is 12.7. The lowest BCUT2D eigenvalue weighted by Crippen LogP contribution is -2.71. The van der Waals surface area contributed by atoms with Gasteiger partial charge in [-0.2, -0.15) is 0 Å². The zero-order valence-corrected chi connectivity index (χ0v) is 35.4. The molecule has 2 unspecified atom stereocenters. The van der Waals surface area contributed by atoms with Crippen molar-refractivity contribution in [3.05, 3.63) is 0 Å². The second-order valence-electron chi connectivity index (χ2n) is 15.2. The van der Waals surface area contributed by atoms with Crippen LogP contribution in [0.1, 0.15) is 34.1 Å². The molecule has 0 aliphatic carbocycles. The van der Waals surface area contributed by atoms with Crippen LogP contribution in [0.5, 0.6) is 0 Å². The summed E-state index contributed by atoms with van der Waals surface area (Å²) in [6, 6.07) is -6.54. The number of carbonyl (C=O) groups is 4. The van der Waals surface area contributed by atoms with Crippen LogP contribution in [0, 0.1) is 0 Å². The average molecular weight is 938 g/mol. The topological polar surface area (TPSA) is 421 Å². The molecule has 28 nitrogen and oxygen atoms in total. The third-order valence-corrected chi connectivity index (χ3v) is 11.2. The highest BCUT2D eigenvalue weighted by Crippen LogP contribution is 2.35. The molecule has 0 aromatic carbocycles. The quantitative estimate of drug-likeness (QED) is 0.0476. The van der Waals surface area contributed by atoms with Gasteiger partial charge in [-0.3, -0.25) is 23.4 Å². The van der Waals surface area contributed by atoms with Gasteiger partial charge in [-0.25, -0.2) is 8.42 Å². The van der Waals surface area contributed by atoms with E-state index in [9.17, 15) is 78.1 Å². The fraction of sp³-hybridized carbons (Fsp3) is 0.882. The molecular formula is C34H57N4O24S-. The molecule has 4 fully saturated rings. The minimum absolute atomic E-state index is 0.0597. The molecule has 63 heavy (non-hydrogen) atoms. The van der Waals surface area contributed by atoms with Crippen molar-refractivity contribution >= 4 is 34.0 Å². The first-order valence-corrected chi connectivity index (χ1v) is 21.0. The smallest absolute Gasteiger partial charge is 0.222 e. The summed E-state index contributed by atoms with van der Waals surface area (Å²) in [5.41, 5.74) is 0. The van der Waals surface area contributed by atoms with E-state index in [0.29, 0.717) is 0 Å². The Hall–Kier alpha value is -2.89. The molecule has 12 N–H and O–H groups in total. The zero-order chi connectivity index (χ0) is 47.2. The van der Waals surface area contributed by atoms with Crippen LogP contribution in [0.25, 0.3) is 0 Å². The minimum Gasteiger partial charge on any atom is -0.726 e. The number of ether oxygens (including phenoxy) is 7. The Morgan fingerprint density at radius 1 is 0.603 bits per heavy atom. The summed E-state index contributed by atoms with van der Waals surface area (Å²) in [5, 5.41) is 105. The van der Waals surface area contributed by atoms with Crippen LogP contribution in [-0.2, 0) is 66.9 Å². The third kappa shape index (κ3) is 12.7. The molecule has 0 bridgehead atoms. The van der Waals surface area contributed by atoms with Crippen molar-refractivity contribution in [3.63, 3.8) is 0 Å². The number of aliphatic hydroxyl groups is 9. The van der Waals surface area contributed by atoms with E-state index in [0.717, 1.165) is 25.7 Å². The van der Waals surface area contributed by atoms with Gasteiger partial charge < -0.3 is 105 Å². The van der Waals surface area contributed by atoms with Crippen molar-refractivity contribution < 1.29 is 115 Å². The predicted molar refractivity (Wildman–Crippen MR) is 198 cm³/mol. The molecule has 0 aromatic rings. The first-order valence-electron chi connectivity index (χ1n) is 19.6. The lowest BCUT2D eigenvalue weighted by Gasteiger charge is -2.51. The van der Waals surface area contributed by atoms with Gasteiger partial charge in [0.15, 0.2) is 25.2 Å². The van der Waals surface area contributed by atoms with E-state index in [1.54, 1.807) is 0 Å². The fourth-order valence-corrected chi connectivity index (χ4v) is 8.03. The summed E-state index contributed by atoms with van der Waals surface area (Å²) in [7, 11) is -4.12. The van der Waals surface area contributed by atoms with Crippen molar-refractivity contribution in [2.45, 2.75) is 157 Å². The Morgan fingerprint density at radius 3 is 1.41 bits per heavy atom. The molecule has 4 aliphatic rings. The summed E-state index contributed by atoms with van der Waals surface area (Å²) < 4.78 is 78.9. The lowest BCUT2D eigenvalue weighted by molar-refractivity contribution is -0.363. The van der Waals surface area contributed by atoms with Crippen LogP contribution in [0.4, 0.5) is 0 Å². The SMILES string of the molecule is CCC(=O)N(C)[C@H]1[C@H](O[C@H]2C(O)[C@@H](NC(C)=O)[C@H](O[C@H]3[C@H](O)[C@@H](NC(C)=O)[C@H](O[C@H]4C(O)[C@@H](NC(C)=O)[C@H](O)O[C@@H]4COS(=O)(=O)[O-])O[C@@H]3CO)O[C@@H]2CO)O[C@H](CO)[C@@H](O)[C@@H]1O. The Labute approximate surface area is 360 Å². The molecule has 29 heteroatoms. The molecule has 20 atom stereocenters. The van der Waals surface area contributed by atoms with E-state index < -0.39 is 183 Å². The van der Waals surface area contributed by atoms with Crippen molar-refractivity contribution in [2.75, 3.05) is 33.5 Å². The molecule has 0 aromatic heterocycles. The van der Waals surface area contributed by atoms with Crippen LogP contribution < -0.4 is 16.0 Å². The molecule has 4 aliphatic heterocycles. The third-order valence-electron chi connectivity index (χ3n) is 10.8. The molecule has 4 amide bonds. The number of hydrogen-bond donors (Lipinski definition) is 12. The van der Waals surface area contributed by atoms with Gasteiger partial charge in [-0.15, -0.1) is 0 Å². The minimum atomic E-state index is -5.39. The van der Waals surface area contributed by atoms with Gasteiger partial charge in [0.1, 0.15) is 97.4 Å². The van der Waals surface area contributed by atoms with Gasteiger partial charge in [-0.05, 0) is 0 Å². The van der Waals surface area contributed by atoms with Crippen molar-refractivity contribution in [2.24, 2.45) is 0 Å². The monoisotopic (exact) mass is 937 g/mol. The van der Waals surface area contributed by atoms with Crippen molar-refractivity contribution in [3.8, 4) is 0 Å². The normalized spacial score (nSPS) is 41.0. The van der Waals surface area contributed by atoms with E-state index in [1.165, 1.54) is 14.0 Å². The fourth-order valence-electron chi connectivity index (χ4n) is 7.73. The Balaban J connectivity index is 1.65. The Bertz CT molecular complexity index is 1670. The van der Waals surface area contributed by atoms with Gasteiger partial charge in [0.2, 0.25) is 34.0 Å². The number of nitrogens with one attached hydrogen (secondary N) is 3. The number of likely N-dealkylation sites (N-methyl/N-ethyl adjacent to an activating group) is 1.